The first-order valence-corrected chi connectivity index (χ1v) is 7.22. The van der Waals surface area contributed by atoms with Gasteiger partial charge in [0, 0.05) is 12.6 Å². The molecule has 1 aliphatic rings. The van der Waals surface area contributed by atoms with Crippen molar-refractivity contribution in [2.45, 2.75) is 44.7 Å². The molecule has 0 aliphatic heterocycles. The van der Waals surface area contributed by atoms with Crippen LogP contribution in [0.1, 0.15) is 43.2 Å². The van der Waals surface area contributed by atoms with Crippen LogP contribution in [-0.2, 0) is 11.3 Å². The van der Waals surface area contributed by atoms with Gasteiger partial charge in [0.05, 0.1) is 17.6 Å². The largest absolute Gasteiger partial charge is 0.369 e. The molecule has 0 spiro atoms. The van der Waals surface area contributed by atoms with E-state index in [0.717, 1.165) is 31.2 Å². The molecule has 2 rings (SSSR count). The van der Waals surface area contributed by atoms with Crippen LogP contribution < -0.4 is 11.1 Å². The predicted molar refractivity (Wildman–Crippen MR) is 77.6 cm³/mol. The highest BCUT2D eigenvalue weighted by atomic mass is 16.1. The van der Waals surface area contributed by atoms with Gasteiger partial charge in [-0.3, -0.25) is 4.79 Å². The summed E-state index contributed by atoms with van der Waals surface area (Å²) in [6.07, 6.45) is 5.26. The number of benzene rings is 1. The van der Waals surface area contributed by atoms with E-state index in [0.29, 0.717) is 12.1 Å². The molecule has 1 aromatic carbocycles. The fourth-order valence-corrected chi connectivity index (χ4v) is 2.89. The van der Waals surface area contributed by atoms with Crippen molar-refractivity contribution in [3.8, 4) is 6.07 Å². The van der Waals surface area contributed by atoms with Crippen molar-refractivity contribution in [3.05, 3.63) is 35.4 Å². The summed E-state index contributed by atoms with van der Waals surface area (Å²) in [5, 5.41) is 12.3. The molecule has 1 saturated carbocycles. The van der Waals surface area contributed by atoms with Crippen LogP contribution in [0.25, 0.3) is 0 Å². The highest BCUT2D eigenvalue weighted by molar-refractivity contribution is 5.77. The van der Waals surface area contributed by atoms with E-state index in [2.05, 4.69) is 11.4 Å². The number of carbonyl (C=O) groups excluding carboxylic acids is 1. The number of hydrogen-bond donors (Lipinski definition) is 2. The number of nitriles is 1. The van der Waals surface area contributed by atoms with Crippen LogP contribution in [-0.4, -0.2) is 11.9 Å². The molecule has 1 aliphatic carbocycles. The predicted octanol–water partition coefficient (Wildman–Crippen LogP) is 2.08. The van der Waals surface area contributed by atoms with Gasteiger partial charge in [0.1, 0.15) is 0 Å². The van der Waals surface area contributed by atoms with Gasteiger partial charge in [-0.2, -0.15) is 5.26 Å². The summed E-state index contributed by atoms with van der Waals surface area (Å²) in [6, 6.07) is 9.84. The Labute approximate surface area is 120 Å². The van der Waals surface area contributed by atoms with Crippen LogP contribution in [0.15, 0.2) is 24.3 Å². The lowest BCUT2D eigenvalue weighted by molar-refractivity contribution is -0.122. The van der Waals surface area contributed by atoms with E-state index >= 15 is 0 Å². The van der Waals surface area contributed by atoms with Crippen molar-refractivity contribution in [2.75, 3.05) is 0 Å². The summed E-state index contributed by atoms with van der Waals surface area (Å²) in [5.41, 5.74) is 7.25. The molecular weight excluding hydrogens is 250 g/mol. The van der Waals surface area contributed by atoms with Crippen molar-refractivity contribution in [1.29, 1.82) is 5.26 Å². The highest BCUT2D eigenvalue weighted by Crippen LogP contribution is 2.23. The normalized spacial score (nSPS) is 22.8. The summed E-state index contributed by atoms with van der Waals surface area (Å²) in [4.78, 5) is 11.6. The molecule has 4 heteroatoms. The van der Waals surface area contributed by atoms with Crippen molar-refractivity contribution < 1.29 is 4.79 Å². The van der Waals surface area contributed by atoms with E-state index < -0.39 is 0 Å². The van der Waals surface area contributed by atoms with Gasteiger partial charge in [-0.25, -0.2) is 0 Å². The lowest BCUT2D eigenvalue weighted by Crippen LogP contribution is -2.41. The lowest BCUT2D eigenvalue weighted by atomic mass is 9.94. The molecule has 0 unspecified atom stereocenters. The Morgan fingerprint density at radius 2 is 2.15 bits per heavy atom. The minimum absolute atomic E-state index is 0.0725. The van der Waals surface area contributed by atoms with Crippen LogP contribution >= 0.6 is 0 Å². The second-order valence-corrected chi connectivity index (χ2v) is 5.45. The van der Waals surface area contributed by atoms with Gasteiger partial charge in [0.25, 0.3) is 0 Å². The number of hydrogen-bond acceptors (Lipinski definition) is 3. The Bertz CT molecular complexity index is 507. The molecule has 0 bridgehead atoms. The summed E-state index contributed by atoms with van der Waals surface area (Å²) in [7, 11) is 0. The van der Waals surface area contributed by atoms with E-state index in [4.69, 9.17) is 11.0 Å². The number of nitrogens with two attached hydrogens (primary N) is 1. The Hall–Kier alpha value is -1.86. The third kappa shape index (κ3) is 3.82. The number of amides is 1. The number of rotatable bonds is 4. The zero-order valence-corrected chi connectivity index (χ0v) is 11.6. The second-order valence-electron chi connectivity index (χ2n) is 5.45. The molecule has 0 saturated heterocycles. The smallest absolute Gasteiger partial charge is 0.222 e. The lowest BCUT2D eigenvalue weighted by Gasteiger charge is -2.23. The monoisotopic (exact) mass is 271 g/mol. The van der Waals surface area contributed by atoms with Crippen LogP contribution in [0.5, 0.6) is 0 Å². The molecule has 2 atom stereocenters. The van der Waals surface area contributed by atoms with Gasteiger partial charge in [-0.05, 0) is 30.5 Å². The zero-order chi connectivity index (χ0) is 14.4. The molecule has 20 heavy (non-hydrogen) atoms. The van der Waals surface area contributed by atoms with Crippen LogP contribution in [0, 0.1) is 17.2 Å². The average molecular weight is 271 g/mol. The summed E-state index contributed by atoms with van der Waals surface area (Å²) < 4.78 is 0. The maximum atomic E-state index is 11.6. The highest BCUT2D eigenvalue weighted by Gasteiger charge is 2.27. The van der Waals surface area contributed by atoms with Crippen LogP contribution in [0.2, 0.25) is 0 Å². The van der Waals surface area contributed by atoms with Crippen molar-refractivity contribution in [3.63, 3.8) is 0 Å². The number of nitrogens with zero attached hydrogens (tertiary/aromatic N) is 1. The Balaban J connectivity index is 1.99. The van der Waals surface area contributed by atoms with E-state index in [1.165, 1.54) is 6.42 Å². The molecule has 1 fully saturated rings. The fourth-order valence-electron chi connectivity index (χ4n) is 2.89. The third-order valence-corrected chi connectivity index (χ3v) is 4.01. The average Bonchev–Trinajstić information content (AvgIpc) is 2.70. The Morgan fingerprint density at radius 1 is 1.35 bits per heavy atom. The number of nitrogens with one attached hydrogen (secondary N) is 1. The first-order chi connectivity index (χ1) is 9.70. The minimum Gasteiger partial charge on any atom is -0.369 e. The summed E-state index contributed by atoms with van der Waals surface area (Å²) >= 11 is 0. The van der Waals surface area contributed by atoms with Crippen molar-refractivity contribution in [1.82, 2.24) is 5.32 Å². The molecule has 3 N–H and O–H groups in total. The topological polar surface area (TPSA) is 78.9 Å². The molecule has 106 valence electrons. The maximum Gasteiger partial charge on any atom is 0.222 e. The Morgan fingerprint density at radius 3 is 2.90 bits per heavy atom. The maximum absolute atomic E-state index is 11.6. The molecular formula is C16H21N3O. The molecule has 0 aromatic heterocycles. The molecule has 0 heterocycles. The molecule has 4 nitrogen and oxygen atoms in total. The zero-order valence-electron chi connectivity index (χ0n) is 11.6. The first-order valence-electron chi connectivity index (χ1n) is 7.22. The van der Waals surface area contributed by atoms with Gasteiger partial charge >= 0.3 is 0 Å². The van der Waals surface area contributed by atoms with Gasteiger partial charge in [-0.15, -0.1) is 0 Å². The molecule has 0 radical (unpaired) electrons. The van der Waals surface area contributed by atoms with Gasteiger partial charge in [-0.1, -0.05) is 31.4 Å². The van der Waals surface area contributed by atoms with Crippen LogP contribution in [0.4, 0.5) is 0 Å². The van der Waals surface area contributed by atoms with Gasteiger partial charge < -0.3 is 11.1 Å². The molecule has 1 amide bonds. The first kappa shape index (κ1) is 14.5. The fraction of sp³-hybridized carbons (Fsp3) is 0.500. The summed E-state index contributed by atoms with van der Waals surface area (Å²) in [6.45, 7) is 0.671. The second kappa shape index (κ2) is 7.06. The van der Waals surface area contributed by atoms with Crippen molar-refractivity contribution >= 4 is 5.91 Å². The SMILES string of the molecule is N#Cc1cccc(CN[C@@H]2CCCCC[C@H]2C(N)=O)c1. The minimum atomic E-state index is -0.199. The van der Waals surface area contributed by atoms with Gasteiger partial charge in [0.15, 0.2) is 0 Å². The standard InChI is InChI=1S/C16H21N3O/c17-10-12-5-4-6-13(9-12)11-19-15-8-3-1-2-7-14(15)16(18)20/h4-6,9,14-15,19H,1-3,7-8,11H2,(H2,18,20)/t14-,15-/m1/s1. The van der Waals surface area contributed by atoms with E-state index in [1.807, 2.05) is 18.2 Å². The quantitative estimate of drug-likeness (QED) is 0.823. The Kier molecular flexibility index (Phi) is 5.14. The van der Waals surface area contributed by atoms with Crippen LogP contribution in [0.3, 0.4) is 0 Å². The number of primary amides is 1. The van der Waals surface area contributed by atoms with E-state index in [1.54, 1.807) is 6.07 Å². The number of carbonyl (C=O) groups is 1. The summed E-state index contributed by atoms with van der Waals surface area (Å²) in [5.74, 6) is -0.271. The van der Waals surface area contributed by atoms with Crippen molar-refractivity contribution in [2.24, 2.45) is 11.7 Å². The van der Waals surface area contributed by atoms with E-state index in [9.17, 15) is 4.79 Å². The molecule has 1 aromatic rings. The third-order valence-electron chi connectivity index (χ3n) is 4.01. The van der Waals surface area contributed by atoms with E-state index in [-0.39, 0.29) is 17.9 Å². The van der Waals surface area contributed by atoms with Gasteiger partial charge in [0.2, 0.25) is 5.91 Å².